The number of anilines is 1. The molecule has 2 rings (SSSR count). The van der Waals surface area contributed by atoms with Gasteiger partial charge in [0.25, 0.3) is 0 Å². The maximum atomic E-state index is 5.92. The third kappa shape index (κ3) is 3.04. The van der Waals surface area contributed by atoms with E-state index in [0.717, 1.165) is 42.4 Å². The predicted octanol–water partition coefficient (Wildman–Crippen LogP) is 3.01. The van der Waals surface area contributed by atoms with Crippen molar-refractivity contribution in [2.45, 2.75) is 33.6 Å². The number of nitrogens with zero attached hydrogens (tertiary/aromatic N) is 4. The van der Waals surface area contributed by atoms with Crippen LogP contribution >= 0.6 is 11.6 Å². The molecule has 0 fully saturated rings. The van der Waals surface area contributed by atoms with Crippen molar-refractivity contribution in [3.8, 4) is 5.82 Å². The molecular weight excluding hydrogens is 262 g/mol. The van der Waals surface area contributed by atoms with E-state index in [0.29, 0.717) is 5.02 Å². The Labute approximate surface area is 118 Å². The maximum Gasteiger partial charge on any atom is 0.162 e. The van der Waals surface area contributed by atoms with Crippen molar-refractivity contribution in [3.05, 3.63) is 28.8 Å². The highest BCUT2D eigenvalue weighted by atomic mass is 35.5. The third-order valence-corrected chi connectivity index (χ3v) is 2.99. The molecule has 2 aromatic rings. The Hall–Kier alpha value is -1.62. The van der Waals surface area contributed by atoms with E-state index in [1.807, 2.05) is 13.8 Å². The summed E-state index contributed by atoms with van der Waals surface area (Å²) in [5, 5.41) is 8.14. The molecule has 0 saturated heterocycles. The lowest BCUT2D eigenvalue weighted by Gasteiger charge is -2.13. The number of rotatable bonds is 5. The summed E-state index contributed by atoms with van der Waals surface area (Å²) in [7, 11) is 0. The number of halogens is 1. The lowest BCUT2D eigenvalue weighted by molar-refractivity contribution is 0.801. The van der Waals surface area contributed by atoms with Crippen molar-refractivity contribution in [3.63, 3.8) is 0 Å². The van der Waals surface area contributed by atoms with Crippen molar-refractivity contribution < 1.29 is 0 Å². The van der Waals surface area contributed by atoms with Gasteiger partial charge in [-0.15, -0.1) is 0 Å². The van der Waals surface area contributed by atoms with Gasteiger partial charge in [0, 0.05) is 18.5 Å². The topological polar surface area (TPSA) is 55.6 Å². The van der Waals surface area contributed by atoms with E-state index in [2.05, 4.69) is 27.3 Å². The molecule has 0 spiro atoms. The summed E-state index contributed by atoms with van der Waals surface area (Å²) in [4.78, 5) is 9.06. The molecule has 0 bridgehead atoms. The summed E-state index contributed by atoms with van der Waals surface area (Å²) in [5.74, 6) is 2.44. The molecule has 0 unspecified atom stereocenters. The molecule has 5 nitrogen and oxygen atoms in total. The van der Waals surface area contributed by atoms with Crippen molar-refractivity contribution >= 4 is 17.4 Å². The van der Waals surface area contributed by atoms with E-state index in [4.69, 9.17) is 11.6 Å². The van der Waals surface area contributed by atoms with Gasteiger partial charge in [0.2, 0.25) is 0 Å². The zero-order valence-corrected chi connectivity index (χ0v) is 12.2. The van der Waals surface area contributed by atoms with Gasteiger partial charge in [-0.2, -0.15) is 5.10 Å². The highest BCUT2D eigenvalue weighted by Gasteiger charge is 2.12. The van der Waals surface area contributed by atoms with Crippen molar-refractivity contribution in [1.29, 1.82) is 0 Å². The average Bonchev–Trinajstić information content (AvgIpc) is 2.84. The number of aryl methyl sites for hydroxylation is 1. The Balaban J connectivity index is 2.47. The summed E-state index contributed by atoms with van der Waals surface area (Å²) in [6, 6.07) is 0. The van der Waals surface area contributed by atoms with Gasteiger partial charge in [0.05, 0.1) is 17.4 Å². The second kappa shape index (κ2) is 6.02. The van der Waals surface area contributed by atoms with Gasteiger partial charge in [0.15, 0.2) is 5.82 Å². The molecule has 6 heteroatoms. The molecular formula is C13H18ClN5. The number of nitrogens with one attached hydrogen (secondary N) is 1. The highest BCUT2D eigenvalue weighted by molar-refractivity contribution is 6.30. The zero-order valence-electron chi connectivity index (χ0n) is 11.4. The van der Waals surface area contributed by atoms with Crippen molar-refractivity contribution in [2.24, 2.45) is 0 Å². The summed E-state index contributed by atoms with van der Waals surface area (Å²) in [5.41, 5.74) is 0.977. The van der Waals surface area contributed by atoms with Crippen LogP contribution in [0.3, 0.4) is 0 Å². The Bertz CT molecular complexity index is 564. The van der Waals surface area contributed by atoms with E-state index >= 15 is 0 Å². The van der Waals surface area contributed by atoms with E-state index < -0.39 is 0 Å². The SMILES string of the molecule is CCCNc1nc(CC)nc(-n2cc(Cl)cn2)c1C. The Morgan fingerprint density at radius 2 is 2.11 bits per heavy atom. The molecule has 0 atom stereocenters. The Morgan fingerprint density at radius 1 is 1.32 bits per heavy atom. The van der Waals surface area contributed by atoms with Crippen LogP contribution in [-0.2, 0) is 6.42 Å². The lowest BCUT2D eigenvalue weighted by atomic mass is 10.3. The first-order valence-electron chi connectivity index (χ1n) is 6.47. The largest absolute Gasteiger partial charge is 0.370 e. The van der Waals surface area contributed by atoms with Gasteiger partial charge in [-0.05, 0) is 13.3 Å². The van der Waals surface area contributed by atoms with Crippen LogP contribution in [-0.4, -0.2) is 26.3 Å². The van der Waals surface area contributed by atoms with E-state index in [1.165, 1.54) is 0 Å². The number of hydrogen-bond donors (Lipinski definition) is 1. The van der Waals surface area contributed by atoms with Gasteiger partial charge in [0.1, 0.15) is 11.6 Å². The molecule has 0 aliphatic rings. The third-order valence-electron chi connectivity index (χ3n) is 2.79. The van der Waals surface area contributed by atoms with Gasteiger partial charge >= 0.3 is 0 Å². The zero-order chi connectivity index (χ0) is 13.8. The monoisotopic (exact) mass is 279 g/mol. The van der Waals surface area contributed by atoms with Crippen LogP contribution in [0.5, 0.6) is 0 Å². The first-order valence-corrected chi connectivity index (χ1v) is 6.85. The second-order valence-corrected chi connectivity index (χ2v) is 4.76. The van der Waals surface area contributed by atoms with Crippen LogP contribution in [0.15, 0.2) is 12.4 Å². The minimum atomic E-state index is 0.596. The van der Waals surface area contributed by atoms with Crippen LogP contribution in [0, 0.1) is 6.92 Å². The fourth-order valence-electron chi connectivity index (χ4n) is 1.76. The smallest absolute Gasteiger partial charge is 0.162 e. The van der Waals surface area contributed by atoms with Crippen LogP contribution in [0.25, 0.3) is 5.82 Å². The molecule has 0 aromatic carbocycles. The number of hydrogen-bond acceptors (Lipinski definition) is 4. The quantitative estimate of drug-likeness (QED) is 0.914. The second-order valence-electron chi connectivity index (χ2n) is 4.32. The Kier molecular flexibility index (Phi) is 4.37. The van der Waals surface area contributed by atoms with Crippen molar-refractivity contribution in [1.82, 2.24) is 19.7 Å². The lowest BCUT2D eigenvalue weighted by Crippen LogP contribution is -2.11. The highest BCUT2D eigenvalue weighted by Crippen LogP contribution is 2.20. The molecule has 2 heterocycles. The van der Waals surface area contributed by atoms with Crippen LogP contribution in [0.1, 0.15) is 31.7 Å². The molecule has 0 aliphatic carbocycles. The van der Waals surface area contributed by atoms with Crippen molar-refractivity contribution in [2.75, 3.05) is 11.9 Å². The summed E-state index contributed by atoms with van der Waals surface area (Å²) < 4.78 is 1.69. The van der Waals surface area contributed by atoms with Crippen LogP contribution in [0.4, 0.5) is 5.82 Å². The first-order chi connectivity index (χ1) is 9.15. The Morgan fingerprint density at radius 3 is 2.68 bits per heavy atom. The van der Waals surface area contributed by atoms with E-state index in [-0.39, 0.29) is 0 Å². The standard InChI is InChI=1S/C13H18ClN5/c1-4-6-15-12-9(3)13(18-11(5-2)17-12)19-8-10(14)7-16-19/h7-8H,4-6H2,1-3H3,(H,15,17,18). The molecule has 0 aliphatic heterocycles. The maximum absolute atomic E-state index is 5.92. The summed E-state index contributed by atoms with van der Waals surface area (Å²) in [6.07, 6.45) is 5.19. The molecule has 19 heavy (non-hydrogen) atoms. The average molecular weight is 280 g/mol. The first kappa shape index (κ1) is 13.8. The normalized spacial score (nSPS) is 10.7. The molecule has 0 radical (unpaired) electrons. The van der Waals surface area contributed by atoms with E-state index in [1.54, 1.807) is 17.1 Å². The molecule has 1 N–H and O–H groups in total. The summed E-state index contributed by atoms with van der Waals surface area (Å²) >= 11 is 5.92. The fourth-order valence-corrected chi connectivity index (χ4v) is 1.90. The van der Waals surface area contributed by atoms with Gasteiger partial charge in [-0.1, -0.05) is 25.4 Å². The summed E-state index contributed by atoms with van der Waals surface area (Å²) in [6.45, 7) is 7.04. The van der Waals surface area contributed by atoms with Gasteiger partial charge < -0.3 is 5.32 Å². The molecule has 0 saturated carbocycles. The number of aromatic nitrogens is 4. The fraction of sp³-hybridized carbons (Fsp3) is 0.462. The van der Waals surface area contributed by atoms with Crippen LogP contribution in [0.2, 0.25) is 5.02 Å². The molecule has 2 aromatic heterocycles. The predicted molar refractivity (Wildman–Crippen MR) is 77.1 cm³/mol. The minimum absolute atomic E-state index is 0.596. The molecule has 102 valence electrons. The van der Waals surface area contributed by atoms with Gasteiger partial charge in [-0.25, -0.2) is 14.6 Å². The minimum Gasteiger partial charge on any atom is -0.370 e. The van der Waals surface area contributed by atoms with Crippen LogP contribution < -0.4 is 5.32 Å². The van der Waals surface area contributed by atoms with E-state index in [9.17, 15) is 0 Å². The van der Waals surface area contributed by atoms with Gasteiger partial charge in [-0.3, -0.25) is 0 Å². The molecule has 0 amide bonds.